The van der Waals surface area contributed by atoms with E-state index in [-0.39, 0.29) is 17.9 Å². The first-order chi connectivity index (χ1) is 13.5. The average Bonchev–Trinajstić information content (AvgIpc) is 3.27. The Morgan fingerprint density at radius 3 is 2.86 bits per heavy atom. The highest BCUT2D eigenvalue weighted by Crippen LogP contribution is 2.30. The number of hydrogen-bond donors (Lipinski definition) is 1. The maximum Gasteiger partial charge on any atom is 0.262 e. The van der Waals surface area contributed by atoms with Gasteiger partial charge in [0.25, 0.3) is 5.56 Å². The molecule has 0 saturated carbocycles. The fourth-order valence-corrected chi connectivity index (χ4v) is 3.65. The zero-order chi connectivity index (χ0) is 19.8. The van der Waals surface area contributed by atoms with E-state index in [9.17, 15) is 9.18 Å². The number of benzene rings is 1. The first-order valence-electron chi connectivity index (χ1n) is 9.27. The fraction of sp³-hybridized carbons (Fsp3) is 0.350. The second-order valence-electron chi connectivity index (χ2n) is 6.80. The molecule has 3 heterocycles. The lowest BCUT2D eigenvalue weighted by Crippen LogP contribution is -2.25. The number of aryl methyl sites for hydroxylation is 2. The third kappa shape index (κ3) is 3.04. The molecule has 0 saturated heterocycles. The minimum absolute atomic E-state index is 0.154. The van der Waals surface area contributed by atoms with E-state index in [1.165, 1.54) is 6.07 Å². The number of ether oxygens (including phenoxy) is 1. The van der Waals surface area contributed by atoms with Crippen LogP contribution in [-0.4, -0.2) is 25.9 Å². The van der Waals surface area contributed by atoms with Crippen molar-refractivity contribution in [2.24, 2.45) is 7.05 Å². The van der Waals surface area contributed by atoms with Gasteiger partial charge in [0.1, 0.15) is 11.6 Å². The second-order valence-corrected chi connectivity index (χ2v) is 6.80. The molecule has 4 rings (SSSR count). The molecule has 1 N–H and O–H groups in total. The SMILES string of the molecule is CCn1c(NCc2c(F)ccc3c2CCO3)ncc(-c2cn(C)nc2C)c1=O. The van der Waals surface area contributed by atoms with Crippen LogP contribution in [0.3, 0.4) is 0 Å². The first-order valence-corrected chi connectivity index (χ1v) is 9.27. The number of hydrogen-bond acceptors (Lipinski definition) is 5. The van der Waals surface area contributed by atoms with Gasteiger partial charge in [-0.2, -0.15) is 5.10 Å². The van der Waals surface area contributed by atoms with Gasteiger partial charge < -0.3 is 10.1 Å². The topological polar surface area (TPSA) is 74.0 Å². The Labute approximate surface area is 161 Å². The summed E-state index contributed by atoms with van der Waals surface area (Å²) < 4.78 is 23.1. The molecule has 28 heavy (non-hydrogen) atoms. The van der Waals surface area contributed by atoms with E-state index in [0.717, 1.165) is 22.6 Å². The summed E-state index contributed by atoms with van der Waals surface area (Å²) in [5, 5.41) is 7.42. The zero-order valence-corrected chi connectivity index (χ0v) is 16.1. The van der Waals surface area contributed by atoms with Gasteiger partial charge in [0.2, 0.25) is 5.95 Å². The highest BCUT2D eigenvalue weighted by molar-refractivity contribution is 5.64. The Kier molecular flexibility index (Phi) is 4.62. The van der Waals surface area contributed by atoms with Crippen molar-refractivity contribution in [2.75, 3.05) is 11.9 Å². The van der Waals surface area contributed by atoms with Gasteiger partial charge in [0.15, 0.2) is 0 Å². The van der Waals surface area contributed by atoms with Crippen molar-refractivity contribution in [3.8, 4) is 16.9 Å². The molecule has 2 aromatic heterocycles. The maximum absolute atomic E-state index is 14.3. The Bertz CT molecular complexity index is 1100. The van der Waals surface area contributed by atoms with Gasteiger partial charge in [-0.3, -0.25) is 14.0 Å². The van der Waals surface area contributed by atoms with Gasteiger partial charge in [-0.05, 0) is 26.0 Å². The summed E-state index contributed by atoms with van der Waals surface area (Å²) >= 11 is 0. The third-order valence-corrected chi connectivity index (χ3v) is 5.03. The van der Waals surface area contributed by atoms with Crippen molar-refractivity contribution in [3.05, 3.63) is 57.5 Å². The Hall–Kier alpha value is -3.16. The van der Waals surface area contributed by atoms with Gasteiger partial charge in [-0.15, -0.1) is 0 Å². The predicted molar refractivity (Wildman–Crippen MR) is 104 cm³/mol. The summed E-state index contributed by atoms with van der Waals surface area (Å²) in [6.45, 7) is 4.97. The van der Waals surface area contributed by atoms with E-state index in [0.29, 0.717) is 36.6 Å². The van der Waals surface area contributed by atoms with Crippen molar-refractivity contribution < 1.29 is 9.13 Å². The van der Waals surface area contributed by atoms with Gasteiger partial charge in [0, 0.05) is 55.6 Å². The third-order valence-electron chi connectivity index (χ3n) is 5.03. The van der Waals surface area contributed by atoms with E-state index in [4.69, 9.17) is 4.74 Å². The molecule has 0 unspecified atom stereocenters. The molecule has 7 nitrogen and oxygen atoms in total. The van der Waals surface area contributed by atoms with Crippen LogP contribution in [0.15, 0.2) is 29.3 Å². The molecule has 0 radical (unpaired) electrons. The summed E-state index contributed by atoms with van der Waals surface area (Å²) in [5.41, 5.74) is 3.31. The van der Waals surface area contributed by atoms with Crippen molar-refractivity contribution in [3.63, 3.8) is 0 Å². The van der Waals surface area contributed by atoms with Crippen LogP contribution in [0.4, 0.5) is 10.3 Å². The Morgan fingerprint density at radius 1 is 1.32 bits per heavy atom. The number of rotatable bonds is 5. The molecule has 0 atom stereocenters. The van der Waals surface area contributed by atoms with Gasteiger partial charge in [-0.25, -0.2) is 9.37 Å². The molecule has 0 bridgehead atoms. The van der Waals surface area contributed by atoms with E-state index in [2.05, 4.69) is 15.4 Å². The number of fused-ring (bicyclic) bond motifs is 1. The van der Waals surface area contributed by atoms with Crippen molar-refractivity contribution >= 4 is 5.95 Å². The lowest BCUT2D eigenvalue weighted by atomic mass is 10.0. The van der Waals surface area contributed by atoms with Gasteiger partial charge in [-0.1, -0.05) is 0 Å². The van der Waals surface area contributed by atoms with Crippen LogP contribution in [0, 0.1) is 12.7 Å². The molecule has 1 aliphatic rings. The van der Waals surface area contributed by atoms with Gasteiger partial charge >= 0.3 is 0 Å². The number of nitrogens with one attached hydrogen (secondary N) is 1. The maximum atomic E-state index is 14.3. The Balaban J connectivity index is 1.67. The number of halogens is 1. The van der Waals surface area contributed by atoms with E-state index in [1.807, 2.05) is 27.1 Å². The van der Waals surface area contributed by atoms with Crippen LogP contribution in [0.1, 0.15) is 23.7 Å². The van der Waals surface area contributed by atoms with E-state index in [1.54, 1.807) is 21.5 Å². The van der Waals surface area contributed by atoms with Crippen molar-refractivity contribution in [2.45, 2.75) is 33.4 Å². The van der Waals surface area contributed by atoms with Crippen LogP contribution in [0.2, 0.25) is 0 Å². The monoisotopic (exact) mass is 383 g/mol. The summed E-state index contributed by atoms with van der Waals surface area (Å²) in [6.07, 6.45) is 4.04. The molecule has 8 heteroatoms. The van der Waals surface area contributed by atoms with E-state index < -0.39 is 0 Å². The number of aromatic nitrogens is 4. The first kappa shape index (κ1) is 18.2. The molecule has 0 aliphatic carbocycles. The highest BCUT2D eigenvalue weighted by atomic mass is 19.1. The molecule has 146 valence electrons. The highest BCUT2D eigenvalue weighted by Gasteiger charge is 2.20. The van der Waals surface area contributed by atoms with Crippen molar-refractivity contribution in [1.82, 2.24) is 19.3 Å². The summed E-state index contributed by atoms with van der Waals surface area (Å²) in [6, 6.07) is 3.07. The largest absolute Gasteiger partial charge is 0.493 e. The molecule has 1 aliphatic heterocycles. The molecule has 0 spiro atoms. The Morgan fingerprint density at radius 2 is 2.14 bits per heavy atom. The molecule has 1 aromatic carbocycles. The van der Waals surface area contributed by atoms with Crippen LogP contribution in [0.25, 0.3) is 11.1 Å². The minimum Gasteiger partial charge on any atom is -0.493 e. The lowest BCUT2D eigenvalue weighted by Gasteiger charge is -2.15. The normalized spacial score (nSPS) is 12.7. The summed E-state index contributed by atoms with van der Waals surface area (Å²) in [4.78, 5) is 17.4. The van der Waals surface area contributed by atoms with Crippen LogP contribution in [0.5, 0.6) is 5.75 Å². The number of anilines is 1. The minimum atomic E-state index is -0.287. The summed E-state index contributed by atoms with van der Waals surface area (Å²) in [5.74, 6) is 0.847. The van der Waals surface area contributed by atoms with Crippen molar-refractivity contribution in [1.29, 1.82) is 0 Å². The van der Waals surface area contributed by atoms with Crippen LogP contribution in [-0.2, 0) is 26.6 Å². The zero-order valence-electron chi connectivity index (χ0n) is 16.1. The average molecular weight is 383 g/mol. The smallest absolute Gasteiger partial charge is 0.262 e. The van der Waals surface area contributed by atoms with Gasteiger partial charge in [0.05, 0.1) is 17.9 Å². The lowest BCUT2D eigenvalue weighted by molar-refractivity contribution is 0.356. The molecular weight excluding hydrogens is 361 g/mol. The van der Waals surface area contributed by atoms with Crippen LogP contribution < -0.4 is 15.6 Å². The molecule has 3 aromatic rings. The fourth-order valence-electron chi connectivity index (χ4n) is 3.65. The van der Waals surface area contributed by atoms with E-state index >= 15 is 0 Å². The second kappa shape index (κ2) is 7.10. The molecular formula is C20H22FN5O2. The standard InChI is InChI=1S/C20H22FN5O2/c1-4-26-19(27)15(16-11-25(3)24-12(16)2)10-23-20(26)22-9-14-13-7-8-28-18(13)6-5-17(14)21/h5-6,10-11H,4,7-9H2,1-3H3,(H,22,23). The summed E-state index contributed by atoms with van der Waals surface area (Å²) in [7, 11) is 1.81. The quantitative estimate of drug-likeness (QED) is 0.733. The predicted octanol–water partition coefficient (Wildman–Crippen LogP) is 2.66. The molecule has 0 fully saturated rings. The molecule has 0 amide bonds. The number of nitrogens with zero attached hydrogens (tertiary/aromatic N) is 4. The van der Waals surface area contributed by atoms with Crippen LogP contribution >= 0.6 is 0 Å².